The van der Waals surface area contributed by atoms with Gasteiger partial charge in [0, 0.05) is 6.54 Å². The van der Waals surface area contributed by atoms with Crippen LogP contribution in [0.1, 0.15) is 27.7 Å². The number of nitrogens with zero attached hydrogens (tertiary/aromatic N) is 2. The molecule has 0 saturated heterocycles. The third kappa shape index (κ3) is 3.34. The summed E-state index contributed by atoms with van der Waals surface area (Å²) in [5, 5.41) is 15.8. The molecular weight excluding hydrogens is 204 g/mol. The zero-order valence-electron chi connectivity index (χ0n) is 10.3. The SMILES string of the molecule is CCNc1cncc(NC(C)(C)C(C)O)n1. The van der Waals surface area contributed by atoms with Gasteiger partial charge in [0.25, 0.3) is 0 Å². The van der Waals surface area contributed by atoms with Crippen LogP contribution >= 0.6 is 0 Å². The number of aliphatic hydroxyl groups is 1. The number of nitrogens with one attached hydrogen (secondary N) is 2. The van der Waals surface area contributed by atoms with Gasteiger partial charge < -0.3 is 15.7 Å². The number of anilines is 2. The van der Waals surface area contributed by atoms with E-state index in [2.05, 4.69) is 20.6 Å². The van der Waals surface area contributed by atoms with E-state index in [9.17, 15) is 5.11 Å². The third-order valence-electron chi connectivity index (χ3n) is 2.49. The highest BCUT2D eigenvalue weighted by molar-refractivity contribution is 5.43. The molecule has 0 spiro atoms. The van der Waals surface area contributed by atoms with Gasteiger partial charge in [-0.2, -0.15) is 0 Å². The van der Waals surface area contributed by atoms with Crippen LogP contribution in [0.2, 0.25) is 0 Å². The summed E-state index contributed by atoms with van der Waals surface area (Å²) >= 11 is 0. The molecule has 1 rings (SSSR count). The predicted octanol–water partition coefficient (Wildman–Crippen LogP) is 1.48. The van der Waals surface area contributed by atoms with Crippen molar-refractivity contribution in [1.82, 2.24) is 9.97 Å². The quantitative estimate of drug-likeness (QED) is 0.706. The van der Waals surface area contributed by atoms with Gasteiger partial charge in [-0.15, -0.1) is 0 Å². The van der Waals surface area contributed by atoms with Gasteiger partial charge in [0.15, 0.2) is 0 Å². The Morgan fingerprint density at radius 1 is 1.38 bits per heavy atom. The number of aliphatic hydroxyl groups excluding tert-OH is 1. The predicted molar refractivity (Wildman–Crippen MR) is 65.6 cm³/mol. The summed E-state index contributed by atoms with van der Waals surface area (Å²) in [5.74, 6) is 1.39. The van der Waals surface area contributed by atoms with Gasteiger partial charge in [-0.25, -0.2) is 4.98 Å². The van der Waals surface area contributed by atoms with Gasteiger partial charge in [0.05, 0.1) is 24.0 Å². The van der Waals surface area contributed by atoms with E-state index in [0.717, 1.165) is 12.4 Å². The van der Waals surface area contributed by atoms with Crippen LogP contribution in [0, 0.1) is 0 Å². The van der Waals surface area contributed by atoms with Gasteiger partial charge in [-0.1, -0.05) is 0 Å². The molecule has 90 valence electrons. The second-order valence-electron chi connectivity index (χ2n) is 4.34. The highest BCUT2D eigenvalue weighted by Crippen LogP contribution is 2.16. The van der Waals surface area contributed by atoms with Crippen molar-refractivity contribution >= 4 is 11.6 Å². The highest BCUT2D eigenvalue weighted by atomic mass is 16.3. The minimum Gasteiger partial charge on any atom is -0.391 e. The number of hydrogen-bond acceptors (Lipinski definition) is 5. The smallest absolute Gasteiger partial charge is 0.147 e. The monoisotopic (exact) mass is 224 g/mol. The van der Waals surface area contributed by atoms with Crippen LogP contribution < -0.4 is 10.6 Å². The first-order valence-electron chi connectivity index (χ1n) is 5.48. The zero-order chi connectivity index (χ0) is 12.2. The van der Waals surface area contributed by atoms with E-state index < -0.39 is 11.6 Å². The fraction of sp³-hybridized carbons (Fsp3) is 0.636. The van der Waals surface area contributed by atoms with E-state index in [1.807, 2.05) is 20.8 Å². The lowest BCUT2D eigenvalue weighted by molar-refractivity contribution is 0.133. The second kappa shape index (κ2) is 5.12. The fourth-order valence-corrected chi connectivity index (χ4v) is 1.13. The maximum Gasteiger partial charge on any atom is 0.147 e. The van der Waals surface area contributed by atoms with Gasteiger partial charge >= 0.3 is 0 Å². The summed E-state index contributed by atoms with van der Waals surface area (Å²) < 4.78 is 0. The molecule has 0 fully saturated rings. The van der Waals surface area contributed by atoms with E-state index in [0.29, 0.717) is 5.82 Å². The molecule has 0 amide bonds. The standard InChI is InChI=1S/C11H20N4O/c1-5-13-9-6-12-7-10(14-9)15-11(3,4)8(2)16/h6-8,16H,5H2,1-4H3,(H2,13,14,15). The molecule has 0 aliphatic rings. The summed E-state index contributed by atoms with van der Waals surface area (Å²) in [7, 11) is 0. The molecule has 1 unspecified atom stereocenters. The molecule has 0 radical (unpaired) electrons. The average Bonchev–Trinajstić information content (AvgIpc) is 2.17. The topological polar surface area (TPSA) is 70.1 Å². The van der Waals surface area contributed by atoms with Gasteiger partial charge in [-0.05, 0) is 27.7 Å². The van der Waals surface area contributed by atoms with Crippen LogP contribution in [0.25, 0.3) is 0 Å². The Balaban J connectivity index is 2.77. The molecule has 0 bridgehead atoms. The summed E-state index contributed by atoms with van der Waals surface area (Å²) in [6, 6.07) is 0. The molecule has 5 nitrogen and oxygen atoms in total. The van der Waals surface area contributed by atoms with E-state index in [4.69, 9.17) is 0 Å². The van der Waals surface area contributed by atoms with Crippen LogP contribution in [-0.2, 0) is 0 Å². The van der Waals surface area contributed by atoms with E-state index >= 15 is 0 Å². The molecule has 0 aliphatic carbocycles. The third-order valence-corrected chi connectivity index (χ3v) is 2.49. The first kappa shape index (κ1) is 12.7. The Bertz CT molecular complexity index is 339. The summed E-state index contributed by atoms with van der Waals surface area (Å²) in [4.78, 5) is 8.41. The Kier molecular flexibility index (Phi) is 4.06. The molecule has 1 atom stereocenters. The fourth-order valence-electron chi connectivity index (χ4n) is 1.13. The molecule has 16 heavy (non-hydrogen) atoms. The minimum absolute atomic E-state index is 0.431. The molecule has 1 aromatic rings. The Morgan fingerprint density at radius 2 is 2.00 bits per heavy atom. The van der Waals surface area contributed by atoms with Crippen LogP contribution in [0.15, 0.2) is 12.4 Å². The van der Waals surface area contributed by atoms with Crippen LogP contribution in [-0.4, -0.2) is 33.3 Å². The van der Waals surface area contributed by atoms with Crippen molar-refractivity contribution < 1.29 is 5.11 Å². The maximum atomic E-state index is 9.59. The van der Waals surface area contributed by atoms with Crippen LogP contribution in [0.3, 0.4) is 0 Å². The first-order chi connectivity index (χ1) is 7.45. The zero-order valence-corrected chi connectivity index (χ0v) is 10.3. The average molecular weight is 224 g/mol. The van der Waals surface area contributed by atoms with Crippen LogP contribution in [0.5, 0.6) is 0 Å². The van der Waals surface area contributed by atoms with Crippen molar-refractivity contribution in [1.29, 1.82) is 0 Å². The summed E-state index contributed by atoms with van der Waals surface area (Å²) in [5.41, 5.74) is -0.431. The maximum absolute atomic E-state index is 9.59. The molecule has 0 saturated carbocycles. The van der Waals surface area contributed by atoms with Crippen molar-refractivity contribution in [3.8, 4) is 0 Å². The summed E-state index contributed by atoms with van der Waals surface area (Å²) in [6.07, 6.45) is 2.84. The van der Waals surface area contributed by atoms with Crippen molar-refractivity contribution in [3.63, 3.8) is 0 Å². The molecule has 0 aromatic carbocycles. The molecule has 1 aromatic heterocycles. The molecular formula is C11H20N4O. The molecule has 3 N–H and O–H groups in total. The second-order valence-corrected chi connectivity index (χ2v) is 4.34. The van der Waals surface area contributed by atoms with E-state index in [-0.39, 0.29) is 0 Å². The number of aromatic nitrogens is 2. The van der Waals surface area contributed by atoms with Crippen molar-refractivity contribution in [3.05, 3.63) is 12.4 Å². The van der Waals surface area contributed by atoms with Crippen LogP contribution in [0.4, 0.5) is 11.6 Å². The Labute approximate surface area is 96.3 Å². The van der Waals surface area contributed by atoms with Crippen molar-refractivity contribution in [2.24, 2.45) is 0 Å². The van der Waals surface area contributed by atoms with E-state index in [1.165, 1.54) is 0 Å². The lowest BCUT2D eigenvalue weighted by Crippen LogP contribution is -2.42. The molecule has 1 heterocycles. The molecule has 5 heteroatoms. The van der Waals surface area contributed by atoms with Crippen molar-refractivity contribution in [2.75, 3.05) is 17.2 Å². The lowest BCUT2D eigenvalue weighted by Gasteiger charge is -2.29. The number of hydrogen-bond donors (Lipinski definition) is 3. The summed E-state index contributed by atoms with van der Waals surface area (Å²) in [6.45, 7) is 8.38. The van der Waals surface area contributed by atoms with Crippen molar-refractivity contribution in [2.45, 2.75) is 39.3 Å². The number of rotatable bonds is 5. The van der Waals surface area contributed by atoms with Gasteiger partial charge in [-0.3, -0.25) is 4.98 Å². The van der Waals surface area contributed by atoms with Gasteiger partial charge in [0.1, 0.15) is 11.6 Å². The van der Waals surface area contributed by atoms with E-state index in [1.54, 1.807) is 19.3 Å². The minimum atomic E-state index is -0.475. The highest BCUT2D eigenvalue weighted by Gasteiger charge is 2.24. The van der Waals surface area contributed by atoms with Gasteiger partial charge in [0.2, 0.25) is 0 Å². The largest absolute Gasteiger partial charge is 0.391 e. The Morgan fingerprint density at radius 3 is 2.56 bits per heavy atom. The Hall–Kier alpha value is -1.36. The molecule has 0 aliphatic heterocycles. The normalized spacial score (nSPS) is 13.3. The lowest BCUT2D eigenvalue weighted by atomic mass is 9.99. The first-order valence-corrected chi connectivity index (χ1v) is 5.48.